The van der Waals surface area contributed by atoms with Crippen LogP contribution in [-0.2, 0) is 0 Å². The second-order valence-electron chi connectivity index (χ2n) is 4.38. The zero-order valence-corrected chi connectivity index (χ0v) is 10.7. The summed E-state index contributed by atoms with van der Waals surface area (Å²) in [5.41, 5.74) is 1.09. The molecule has 0 bridgehead atoms. The third-order valence-electron chi connectivity index (χ3n) is 2.26. The van der Waals surface area contributed by atoms with Crippen molar-refractivity contribution >= 4 is 21.6 Å². The lowest BCUT2D eigenvalue weighted by atomic mass is 9.90. The molecule has 0 atom stereocenters. The Morgan fingerprint density at radius 1 is 1.47 bits per heavy atom. The molecule has 0 radical (unpaired) electrons. The van der Waals surface area contributed by atoms with Crippen LogP contribution in [0.1, 0.15) is 20.3 Å². The fourth-order valence-electron chi connectivity index (χ4n) is 1.24. The number of aliphatic hydroxyl groups is 1. The lowest BCUT2D eigenvalue weighted by molar-refractivity contribution is 0.220. The van der Waals surface area contributed by atoms with Crippen LogP contribution in [0.2, 0.25) is 0 Å². The summed E-state index contributed by atoms with van der Waals surface area (Å²) < 4.78 is 0.965. The first kappa shape index (κ1) is 12.5. The van der Waals surface area contributed by atoms with E-state index in [0.29, 0.717) is 0 Å². The molecule has 0 aromatic carbocycles. The highest BCUT2D eigenvalue weighted by molar-refractivity contribution is 9.10. The lowest BCUT2D eigenvalue weighted by Crippen LogP contribution is -2.24. The minimum atomic E-state index is 0.0943. The zero-order valence-electron chi connectivity index (χ0n) is 9.13. The minimum Gasteiger partial charge on any atom is -0.396 e. The first-order valence-corrected chi connectivity index (χ1v) is 5.78. The Labute approximate surface area is 99.1 Å². The van der Waals surface area contributed by atoms with Crippen molar-refractivity contribution in [3.63, 3.8) is 0 Å². The molecule has 0 amide bonds. The van der Waals surface area contributed by atoms with E-state index in [1.807, 2.05) is 6.07 Å². The van der Waals surface area contributed by atoms with Crippen LogP contribution in [0.25, 0.3) is 0 Å². The Kier molecular flexibility index (Phi) is 4.54. The molecular weight excluding hydrogens is 256 g/mol. The molecule has 4 heteroatoms. The molecule has 3 nitrogen and oxygen atoms in total. The highest BCUT2D eigenvalue weighted by Crippen LogP contribution is 2.21. The summed E-state index contributed by atoms with van der Waals surface area (Å²) >= 11 is 3.37. The van der Waals surface area contributed by atoms with E-state index in [9.17, 15) is 0 Å². The number of aromatic nitrogens is 1. The van der Waals surface area contributed by atoms with Gasteiger partial charge in [-0.05, 0) is 33.8 Å². The molecule has 0 aliphatic rings. The highest BCUT2D eigenvalue weighted by atomic mass is 79.9. The standard InChI is InChI=1S/C11H17BrN2O/c1-11(2,3-4-15)8-14-10-5-9(12)6-13-7-10/h5-7,14-15H,3-4,8H2,1-2H3. The molecule has 84 valence electrons. The van der Waals surface area contributed by atoms with E-state index < -0.39 is 0 Å². The molecule has 0 unspecified atom stereocenters. The number of hydrogen-bond acceptors (Lipinski definition) is 3. The van der Waals surface area contributed by atoms with Crippen molar-refractivity contribution < 1.29 is 5.11 Å². The summed E-state index contributed by atoms with van der Waals surface area (Å²) in [6.07, 6.45) is 4.34. The van der Waals surface area contributed by atoms with Crippen molar-refractivity contribution in [2.75, 3.05) is 18.5 Å². The van der Waals surface area contributed by atoms with E-state index in [1.165, 1.54) is 0 Å². The Bertz CT molecular complexity index is 315. The van der Waals surface area contributed by atoms with Gasteiger partial charge < -0.3 is 10.4 Å². The second kappa shape index (κ2) is 5.47. The molecule has 1 aromatic rings. The summed E-state index contributed by atoms with van der Waals surface area (Å²) in [6, 6.07) is 1.99. The maximum atomic E-state index is 8.90. The number of aliphatic hydroxyl groups excluding tert-OH is 1. The third-order valence-corrected chi connectivity index (χ3v) is 2.70. The van der Waals surface area contributed by atoms with Crippen molar-refractivity contribution in [2.24, 2.45) is 5.41 Å². The number of pyridine rings is 1. The zero-order chi connectivity index (χ0) is 11.3. The van der Waals surface area contributed by atoms with E-state index in [0.717, 1.165) is 23.1 Å². The Morgan fingerprint density at radius 3 is 2.80 bits per heavy atom. The van der Waals surface area contributed by atoms with Crippen LogP contribution >= 0.6 is 15.9 Å². The van der Waals surface area contributed by atoms with E-state index in [4.69, 9.17) is 5.11 Å². The Morgan fingerprint density at radius 2 is 2.20 bits per heavy atom. The molecule has 0 aliphatic heterocycles. The molecule has 1 aromatic heterocycles. The van der Waals surface area contributed by atoms with Gasteiger partial charge in [0.15, 0.2) is 0 Å². The summed E-state index contributed by atoms with van der Waals surface area (Å²) in [6.45, 7) is 5.31. The molecule has 0 fully saturated rings. The minimum absolute atomic E-state index is 0.0943. The average Bonchev–Trinajstić information content (AvgIpc) is 2.15. The fourth-order valence-corrected chi connectivity index (χ4v) is 1.61. The van der Waals surface area contributed by atoms with Crippen LogP contribution in [0.3, 0.4) is 0 Å². The third kappa shape index (κ3) is 4.62. The monoisotopic (exact) mass is 272 g/mol. The molecule has 0 saturated carbocycles. The smallest absolute Gasteiger partial charge is 0.0538 e. The van der Waals surface area contributed by atoms with Gasteiger partial charge >= 0.3 is 0 Å². The van der Waals surface area contributed by atoms with Crippen LogP contribution in [0.15, 0.2) is 22.9 Å². The van der Waals surface area contributed by atoms with Gasteiger partial charge in [-0.15, -0.1) is 0 Å². The van der Waals surface area contributed by atoms with Gasteiger partial charge in [-0.25, -0.2) is 0 Å². The number of halogens is 1. The molecule has 2 N–H and O–H groups in total. The summed E-state index contributed by atoms with van der Waals surface area (Å²) in [4.78, 5) is 4.07. The molecule has 0 aliphatic carbocycles. The SMILES string of the molecule is CC(C)(CCO)CNc1cncc(Br)c1. The maximum Gasteiger partial charge on any atom is 0.0538 e. The molecule has 1 heterocycles. The number of rotatable bonds is 5. The van der Waals surface area contributed by atoms with Gasteiger partial charge in [0.05, 0.1) is 11.9 Å². The molecule has 0 saturated heterocycles. The van der Waals surface area contributed by atoms with Gasteiger partial charge in [-0.1, -0.05) is 13.8 Å². The number of nitrogens with zero attached hydrogens (tertiary/aromatic N) is 1. The maximum absolute atomic E-state index is 8.90. The Hall–Kier alpha value is -0.610. The largest absolute Gasteiger partial charge is 0.396 e. The number of hydrogen-bond donors (Lipinski definition) is 2. The van der Waals surface area contributed by atoms with E-state index in [-0.39, 0.29) is 12.0 Å². The second-order valence-corrected chi connectivity index (χ2v) is 5.30. The van der Waals surface area contributed by atoms with Gasteiger partial charge in [0.2, 0.25) is 0 Å². The first-order chi connectivity index (χ1) is 7.03. The predicted octanol–water partition coefficient (Wildman–Crippen LogP) is 2.66. The van der Waals surface area contributed by atoms with Crippen molar-refractivity contribution in [3.8, 4) is 0 Å². The molecule has 15 heavy (non-hydrogen) atoms. The molecular formula is C11H17BrN2O. The van der Waals surface area contributed by atoms with E-state index in [2.05, 4.69) is 40.1 Å². The van der Waals surface area contributed by atoms with Crippen LogP contribution < -0.4 is 5.32 Å². The van der Waals surface area contributed by atoms with Gasteiger partial charge in [0.25, 0.3) is 0 Å². The van der Waals surface area contributed by atoms with Crippen molar-refractivity contribution in [3.05, 3.63) is 22.9 Å². The quantitative estimate of drug-likeness (QED) is 0.867. The molecule has 1 rings (SSSR count). The summed E-state index contributed by atoms with van der Waals surface area (Å²) in [7, 11) is 0. The average molecular weight is 273 g/mol. The predicted molar refractivity (Wildman–Crippen MR) is 65.9 cm³/mol. The normalized spacial score (nSPS) is 11.5. The first-order valence-electron chi connectivity index (χ1n) is 4.99. The number of nitrogens with one attached hydrogen (secondary N) is 1. The van der Waals surface area contributed by atoms with Gasteiger partial charge in [0.1, 0.15) is 0 Å². The highest BCUT2D eigenvalue weighted by Gasteiger charge is 2.16. The van der Waals surface area contributed by atoms with Crippen molar-refractivity contribution in [2.45, 2.75) is 20.3 Å². The van der Waals surface area contributed by atoms with Crippen LogP contribution in [-0.4, -0.2) is 23.2 Å². The lowest BCUT2D eigenvalue weighted by Gasteiger charge is -2.24. The van der Waals surface area contributed by atoms with Gasteiger partial charge in [-0.3, -0.25) is 4.98 Å². The Balaban J connectivity index is 2.49. The van der Waals surface area contributed by atoms with E-state index in [1.54, 1.807) is 12.4 Å². The number of anilines is 1. The van der Waals surface area contributed by atoms with Crippen LogP contribution in [0, 0.1) is 5.41 Å². The summed E-state index contributed by atoms with van der Waals surface area (Å²) in [5.74, 6) is 0. The topological polar surface area (TPSA) is 45.1 Å². The van der Waals surface area contributed by atoms with Crippen LogP contribution in [0.5, 0.6) is 0 Å². The molecule has 0 spiro atoms. The van der Waals surface area contributed by atoms with Crippen LogP contribution in [0.4, 0.5) is 5.69 Å². The van der Waals surface area contributed by atoms with Crippen molar-refractivity contribution in [1.82, 2.24) is 4.98 Å². The van der Waals surface area contributed by atoms with Gasteiger partial charge in [0, 0.05) is 23.8 Å². The van der Waals surface area contributed by atoms with E-state index >= 15 is 0 Å². The van der Waals surface area contributed by atoms with Crippen molar-refractivity contribution in [1.29, 1.82) is 0 Å². The van der Waals surface area contributed by atoms with Gasteiger partial charge in [-0.2, -0.15) is 0 Å². The summed E-state index contributed by atoms with van der Waals surface area (Å²) in [5, 5.41) is 12.2. The fraction of sp³-hybridized carbons (Fsp3) is 0.545.